The lowest BCUT2D eigenvalue weighted by atomic mass is 9.90. The summed E-state index contributed by atoms with van der Waals surface area (Å²) in [4.78, 5) is 0. The van der Waals surface area contributed by atoms with Gasteiger partial charge in [-0.3, -0.25) is 0 Å². The molecule has 4 heteroatoms. The number of piperidine rings is 1. The molecule has 1 aliphatic heterocycles. The molecule has 0 atom stereocenters. The number of nitrogens with one attached hydrogen (secondary N) is 1. The van der Waals surface area contributed by atoms with Crippen LogP contribution in [0.25, 0.3) is 0 Å². The Morgan fingerprint density at radius 1 is 1.19 bits per heavy atom. The highest BCUT2D eigenvalue weighted by molar-refractivity contribution is 6.34. The van der Waals surface area contributed by atoms with E-state index in [4.69, 9.17) is 27.9 Å². The fraction of sp³-hybridized carbons (Fsp3) is 0.500. The third-order valence-electron chi connectivity index (χ3n) is 3.05. The van der Waals surface area contributed by atoms with Gasteiger partial charge < -0.3 is 10.1 Å². The van der Waals surface area contributed by atoms with E-state index >= 15 is 0 Å². The highest BCUT2D eigenvalue weighted by Crippen LogP contribution is 2.37. The van der Waals surface area contributed by atoms with Gasteiger partial charge in [-0.1, -0.05) is 23.2 Å². The van der Waals surface area contributed by atoms with E-state index in [2.05, 4.69) is 5.32 Å². The van der Waals surface area contributed by atoms with Gasteiger partial charge in [-0.15, -0.1) is 0 Å². The Bertz CT molecular complexity index is 376. The van der Waals surface area contributed by atoms with Crippen LogP contribution in [0, 0.1) is 0 Å². The molecule has 0 aliphatic carbocycles. The molecule has 1 N–H and O–H groups in total. The number of hydrogen-bond donors (Lipinski definition) is 1. The summed E-state index contributed by atoms with van der Waals surface area (Å²) in [5.41, 5.74) is 1.15. The highest BCUT2D eigenvalue weighted by atomic mass is 35.5. The van der Waals surface area contributed by atoms with Crippen molar-refractivity contribution >= 4 is 23.2 Å². The number of halogens is 2. The molecule has 1 aliphatic rings. The lowest BCUT2D eigenvalue weighted by Gasteiger charge is -2.24. The van der Waals surface area contributed by atoms with Crippen LogP contribution in [0.1, 0.15) is 24.3 Å². The number of hydrogen-bond acceptors (Lipinski definition) is 2. The molecule has 1 aromatic carbocycles. The fourth-order valence-corrected chi connectivity index (χ4v) is 2.70. The van der Waals surface area contributed by atoms with E-state index in [0.29, 0.717) is 16.7 Å². The van der Waals surface area contributed by atoms with Crippen LogP contribution < -0.4 is 10.1 Å². The van der Waals surface area contributed by atoms with Crippen LogP contribution in [0.3, 0.4) is 0 Å². The van der Waals surface area contributed by atoms with E-state index < -0.39 is 0 Å². The molecule has 0 radical (unpaired) electrons. The molecule has 0 aromatic heterocycles. The average molecular weight is 260 g/mol. The zero-order valence-electron chi connectivity index (χ0n) is 9.22. The van der Waals surface area contributed by atoms with Crippen LogP contribution >= 0.6 is 23.2 Å². The quantitative estimate of drug-likeness (QED) is 0.879. The van der Waals surface area contributed by atoms with Crippen molar-refractivity contribution in [3.05, 3.63) is 27.7 Å². The molecule has 0 amide bonds. The van der Waals surface area contributed by atoms with Crippen molar-refractivity contribution in [2.24, 2.45) is 0 Å². The maximum absolute atomic E-state index is 6.25. The third-order valence-corrected chi connectivity index (χ3v) is 3.67. The van der Waals surface area contributed by atoms with Crippen LogP contribution in [0.15, 0.2) is 12.1 Å². The minimum absolute atomic E-state index is 0.511. The van der Waals surface area contributed by atoms with E-state index in [0.717, 1.165) is 36.5 Å². The monoisotopic (exact) mass is 259 g/mol. The van der Waals surface area contributed by atoms with E-state index in [-0.39, 0.29) is 0 Å². The van der Waals surface area contributed by atoms with Crippen molar-refractivity contribution in [2.75, 3.05) is 20.2 Å². The zero-order valence-corrected chi connectivity index (χ0v) is 10.7. The Labute approximate surface area is 106 Å². The summed E-state index contributed by atoms with van der Waals surface area (Å²) in [7, 11) is 1.60. The van der Waals surface area contributed by atoms with Gasteiger partial charge in [0, 0.05) is 11.1 Å². The minimum atomic E-state index is 0.511. The van der Waals surface area contributed by atoms with Gasteiger partial charge in [0.05, 0.1) is 12.1 Å². The fourth-order valence-electron chi connectivity index (χ4n) is 2.15. The van der Waals surface area contributed by atoms with Gasteiger partial charge in [0.15, 0.2) is 0 Å². The van der Waals surface area contributed by atoms with E-state index in [1.54, 1.807) is 13.2 Å². The summed E-state index contributed by atoms with van der Waals surface area (Å²) in [6, 6.07) is 3.75. The van der Waals surface area contributed by atoms with Gasteiger partial charge in [-0.25, -0.2) is 0 Å². The number of methoxy groups -OCH3 is 1. The second kappa shape index (κ2) is 5.26. The third kappa shape index (κ3) is 2.45. The summed E-state index contributed by atoms with van der Waals surface area (Å²) in [6.45, 7) is 2.09. The molecule has 88 valence electrons. The zero-order chi connectivity index (χ0) is 11.5. The molecule has 0 bridgehead atoms. The minimum Gasteiger partial charge on any atom is -0.495 e. The molecule has 1 saturated heterocycles. The highest BCUT2D eigenvalue weighted by Gasteiger charge is 2.19. The predicted octanol–water partition coefficient (Wildman–Crippen LogP) is 3.47. The summed E-state index contributed by atoms with van der Waals surface area (Å²) in [5, 5.41) is 4.74. The van der Waals surface area contributed by atoms with Crippen LogP contribution in [-0.4, -0.2) is 20.2 Å². The predicted molar refractivity (Wildman–Crippen MR) is 67.9 cm³/mol. The topological polar surface area (TPSA) is 21.3 Å². The first-order chi connectivity index (χ1) is 7.72. The summed E-state index contributed by atoms with van der Waals surface area (Å²) >= 11 is 12.4. The lowest BCUT2D eigenvalue weighted by molar-refractivity contribution is 0.414. The molecule has 1 heterocycles. The summed E-state index contributed by atoms with van der Waals surface area (Å²) < 4.78 is 5.14. The molecule has 2 nitrogen and oxygen atoms in total. The molecule has 16 heavy (non-hydrogen) atoms. The number of benzene rings is 1. The second-order valence-electron chi connectivity index (χ2n) is 4.03. The first kappa shape index (κ1) is 12.0. The second-order valence-corrected chi connectivity index (χ2v) is 4.85. The maximum atomic E-state index is 6.25. The molecule has 2 rings (SSSR count). The molecular formula is C12H15Cl2NO. The Balaban J connectivity index is 2.29. The van der Waals surface area contributed by atoms with Crippen molar-refractivity contribution in [2.45, 2.75) is 18.8 Å². The molecule has 0 saturated carbocycles. The first-order valence-corrected chi connectivity index (χ1v) is 6.21. The Morgan fingerprint density at radius 2 is 1.88 bits per heavy atom. The van der Waals surface area contributed by atoms with Gasteiger partial charge in [0.2, 0.25) is 0 Å². The SMILES string of the molecule is COc1cc(Cl)c(C2CCNCC2)cc1Cl. The maximum Gasteiger partial charge on any atom is 0.138 e. The van der Waals surface area contributed by atoms with E-state index in [1.807, 2.05) is 6.07 Å². The van der Waals surface area contributed by atoms with Crippen molar-refractivity contribution in [3.8, 4) is 5.75 Å². The molecule has 1 fully saturated rings. The van der Waals surface area contributed by atoms with Crippen molar-refractivity contribution < 1.29 is 4.74 Å². The first-order valence-electron chi connectivity index (χ1n) is 5.46. The van der Waals surface area contributed by atoms with E-state index in [9.17, 15) is 0 Å². The van der Waals surface area contributed by atoms with Crippen LogP contribution in [0.4, 0.5) is 0 Å². The largest absolute Gasteiger partial charge is 0.495 e. The Hall–Kier alpha value is -0.440. The van der Waals surface area contributed by atoms with Gasteiger partial charge in [-0.2, -0.15) is 0 Å². The molecule has 0 unspecified atom stereocenters. The lowest BCUT2D eigenvalue weighted by Crippen LogP contribution is -2.26. The Morgan fingerprint density at radius 3 is 2.50 bits per heavy atom. The summed E-state index contributed by atoms with van der Waals surface area (Å²) in [5.74, 6) is 1.15. The molecule has 0 spiro atoms. The smallest absolute Gasteiger partial charge is 0.138 e. The number of rotatable bonds is 2. The van der Waals surface area contributed by atoms with Gasteiger partial charge in [0.25, 0.3) is 0 Å². The Kier molecular flexibility index (Phi) is 3.95. The standard InChI is InChI=1S/C12H15Cl2NO/c1-16-12-7-10(13)9(6-11(12)14)8-2-4-15-5-3-8/h6-8,15H,2-5H2,1H3. The van der Waals surface area contributed by atoms with Gasteiger partial charge in [-0.05, 0) is 43.5 Å². The molecular weight excluding hydrogens is 245 g/mol. The van der Waals surface area contributed by atoms with Crippen LogP contribution in [0.2, 0.25) is 10.0 Å². The summed E-state index contributed by atoms with van der Waals surface area (Å²) in [6.07, 6.45) is 2.23. The normalized spacial score (nSPS) is 17.4. The van der Waals surface area contributed by atoms with Crippen LogP contribution in [0.5, 0.6) is 5.75 Å². The van der Waals surface area contributed by atoms with Crippen molar-refractivity contribution in [1.82, 2.24) is 5.32 Å². The van der Waals surface area contributed by atoms with E-state index in [1.165, 1.54) is 0 Å². The van der Waals surface area contributed by atoms with Crippen molar-refractivity contribution in [1.29, 1.82) is 0 Å². The van der Waals surface area contributed by atoms with Crippen LogP contribution in [-0.2, 0) is 0 Å². The van der Waals surface area contributed by atoms with Crippen molar-refractivity contribution in [3.63, 3.8) is 0 Å². The molecule has 1 aromatic rings. The van der Waals surface area contributed by atoms with Gasteiger partial charge >= 0.3 is 0 Å². The van der Waals surface area contributed by atoms with Gasteiger partial charge in [0.1, 0.15) is 5.75 Å². The number of ether oxygens (including phenoxy) is 1. The average Bonchev–Trinajstić information content (AvgIpc) is 2.32.